The van der Waals surface area contributed by atoms with Gasteiger partial charge in [0.15, 0.2) is 5.41 Å². The zero-order valence-electron chi connectivity index (χ0n) is 16.7. The van der Waals surface area contributed by atoms with Gasteiger partial charge in [-0.1, -0.05) is 53.1 Å². The second kappa shape index (κ2) is 8.13. The summed E-state index contributed by atoms with van der Waals surface area (Å²) >= 11 is 11.2. The fourth-order valence-corrected chi connectivity index (χ4v) is 3.85. The molecule has 0 aliphatic carbocycles. The lowest BCUT2D eigenvalue weighted by Crippen LogP contribution is -2.59. The quantitative estimate of drug-likeness (QED) is 0.308. The fourth-order valence-electron chi connectivity index (χ4n) is 3.51. The minimum Gasteiger partial charge on any atom is -0.615 e. The van der Waals surface area contributed by atoms with Crippen molar-refractivity contribution in [3.05, 3.63) is 28.1 Å². The van der Waals surface area contributed by atoms with Gasteiger partial charge in [-0.3, -0.25) is 4.79 Å². The van der Waals surface area contributed by atoms with Crippen molar-refractivity contribution in [1.29, 1.82) is 0 Å². The van der Waals surface area contributed by atoms with E-state index in [1.54, 1.807) is 41.5 Å². The number of methoxy groups -OCH3 is 1. The maximum atomic E-state index is 13.2. The number of nitrogens with zero attached hydrogens (tertiary/aromatic N) is 1. The molecule has 0 aromatic carbocycles. The Balaban J connectivity index is 3.62. The average molecular weight is 436 g/mol. The molecule has 0 bridgehead atoms. The van der Waals surface area contributed by atoms with E-state index < -0.39 is 45.7 Å². The van der Waals surface area contributed by atoms with E-state index in [0.717, 1.165) is 13.2 Å². The molecule has 0 radical (unpaired) electrons. The highest BCUT2D eigenvalue weighted by atomic mass is 35.5. The van der Waals surface area contributed by atoms with Crippen molar-refractivity contribution < 1.29 is 32.9 Å². The number of ether oxygens (including phenoxy) is 2. The summed E-state index contributed by atoms with van der Waals surface area (Å²) in [6, 6.07) is 2.29. The molecule has 0 fully saturated rings. The molecule has 1 aromatic rings. The van der Waals surface area contributed by atoms with Gasteiger partial charge in [-0.15, -0.1) is 4.73 Å². The van der Waals surface area contributed by atoms with Crippen LogP contribution in [0, 0.1) is 21.5 Å². The van der Waals surface area contributed by atoms with Gasteiger partial charge in [0.1, 0.15) is 16.9 Å². The number of carbonyl (C=O) groups excluding carboxylic acids is 3. The first-order valence-electron chi connectivity index (χ1n) is 8.22. The van der Waals surface area contributed by atoms with Crippen molar-refractivity contribution in [2.24, 2.45) is 16.2 Å². The molecule has 0 spiro atoms. The number of carbonyl (C=O) groups is 3. The van der Waals surface area contributed by atoms with Gasteiger partial charge in [0, 0.05) is 0 Å². The Morgan fingerprint density at radius 2 is 1.50 bits per heavy atom. The van der Waals surface area contributed by atoms with Gasteiger partial charge in [-0.2, -0.15) is 0 Å². The van der Waals surface area contributed by atoms with Crippen LogP contribution in [0.15, 0.2) is 12.1 Å². The smallest absolute Gasteiger partial charge is 0.406 e. The molecular weight excluding hydrogens is 413 g/mol. The third kappa shape index (κ3) is 3.89. The Bertz CT molecular complexity index is 780. The number of aromatic nitrogens is 1. The van der Waals surface area contributed by atoms with E-state index in [2.05, 4.69) is 9.03 Å². The molecule has 0 aliphatic rings. The van der Waals surface area contributed by atoms with E-state index in [4.69, 9.17) is 28.2 Å². The molecule has 0 saturated carbocycles. The molecule has 0 saturated heterocycles. The first-order chi connectivity index (χ1) is 12.7. The van der Waals surface area contributed by atoms with E-state index in [1.165, 1.54) is 6.07 Å². The second-order valence-electron chi connectivity index (χ2n) is 8.16. The maximum Gasteiger partial charge on any atom is 0.406 e. The van der Waals surface area contributed by atoms with Gasteiger partial charge in [-0.05, 0) is 16.9 Å². The van der Waals surface area contributed by atoms with Crippen LogP contribution in [-0.2, 0) is 18.6 Å². The first kappa shape index (κ1) is 24.0. The maximum absolute atomic E-state index is 13.2. The third-order valence-electron chi connectivity index (χ3n) is 4.51. The van der Waals surface area contributed by atoms with Crippen LogP contribution in [-0.4, -0.2) is 25.0 Å². The van der Waals surface area contributed by atoms with Gasteiger partial charge in [0.2, 0.25) is 0 Å². The van der Waals surface area contributed by atoms with Crippen LogP contribution in [0.25, 0.3) is 0 Å². The molecule has 0 N–H and O–H groups in total. The molecule has 0 unspecified atom stereocenters. The van der Waals surface area contributed by atoms with E-state index >= 15 is 0 Å². The summed E-state index contributed by atoms with van der Waals surface area (Å²) in [5.74, 6) is -3.68. The van der Waals surface area contributed by atoms with Crippen molar-refractivity contribution in [2.45, 2.75) is 41.5 Å². The molecule has 0 amide bonds. The van der Waals surface area contributed by atoms with Crippen LogP contribution in [0.3, 0.4) is 0 Å². The summed E-state index contributed by atoms with van der Waals surface area (Å²) in [7, 11) is 1.07. The molecule has 28 heavy (non-hydrogen) atoms. The highest BCUT2D eigenvalue weighted by Crippen LogP contribution is 2.53. The molecule has 1 aromatic heterocycles. The number of hydrogen-bond acceptors (Lipinski definition) is 7. The Morgan fingerprint density at radius 3 is 1.89 bits per heavy atom. The topological polar surface area (TPSA) is 106 Å². The van der Waals surface area contributed by atoms with Gasteiger partial charge < -0.3 is 19.0 Å². The zero-order chi connectivity index (χ0) is 22.1. The highest BCUT2D eigenvalue weighted by molar-refractivity contribution is 6.33. The molecule has 8 nitrogen and oxygen atoms in total. The van der Waals surface area contributed by atoms with E-state index in [-0.39, 0.29) is 9.75 Å². The second-order valence-corrected chi connectivity index (χ2v) is 8.72. The molecular formula is C18H23Cl2NO7. The number of pyridine rings is 1. The van der Waals surface area contributed by atoms with Crippen molar-refractivity contribution in [3.8, 4) is 5.88 Å². The number of halogens is 2. The third-order valence-corrected chi connectivity index (χ3v) is 4.96. The predicted molar refractivity (Wildman–Crippen MR) is 101 cm³/mol. The molecule has 0 aliphatic heterocycles. The Labute approximate surface area is 173 Å². The van der Waals surface area contributed by atoms with Crippen molar-refractivity contribution in [1.82, 2.24) is 0 Å². The van der Waals surface area contributed by atoms with Crippen molar-refractivity contribution >= 4 is 41.4 Å². The van der Waals surface area contributed by atoms with E-state index in [0.29, 0.717) is 0 Å². The Morgan fingerprint density at radius 1 is 1.00 bits per heavy atom. The normalized spacial score (nSPS) is 12.3. The summed E-state index contributed by atoms with van der Waals surface area (Å²) in [6.07, 6.45) is 0. The van der Waals surface area contributed by atoms with E-state index in [1.807, 2.05) is 0 Å². The minimum atomic E-state index is -1.89. The summed E-state index contributed by atoms with van der Waals surface area (Å²) in [5, 5.41) is 12.3. The van der Waals surface area contributed by atoms with Crippen molar-refractivity contribution in [3.63, 3.8) is 0 Å². The van der Waals surface area contributed by atoms with Crippen LogP contribution in [0.2, 0.25) is 5.02 Å². The largest absolute Gasteiger partial charge is 0.615 e. The fraction of sp³-hybridized carbons (Fsp3) is 0.556. The summed E-state index contributed by atoms with van der Waals surface area (Å²) in [6.45, 7) is 9.84. The van der Waals surface area contributed by atoms with Gasteiger partial charge in [-0.25, -0.2) is 9.59 Å². The lowest BCUT2D eigenvalue weighted by molar-refractivity contribution is -0.613. The molecule has 0 atom stereocenters. The van der Waals surface area contributed by atoms with Crippen molar-refractivity contribution in [2.75, 3.05) is 7.11 Å². The molecule has 1 rings (SSSR count). The molecule has 1 heterocycles. The van der Waals surface area contributed by atoms with Crippen LogP contribution in [0.5, 0.6) is 5.88 Å². The van der Waals surface area contributed by atoms with Gasteiger partial charge >= 0.3 is 29.5 Å². The van der Waals surface area contributed by atoms with Gasteiger partial charge in [0.25, 0.3) is 0 Å². The Kier molecular flexibility index (Phi) is 6.96. The number of rotatable bonds is 4. The summed E-state index contributed by atoms with van der Waals surface area (Å²) in [4.78, 5) is 37.7. The van der Waals surface area contributed by atoms with E-state index in [9.17, 15) is 19.6 Å². The first-order valence-corrected chi connectivity index (χ1v) is 8.91. The average Bonchev–Trinajstić information content (AvgIpc) is 2.54. The Hall–Kier alpha value is -2.06. The van der Waals surface area contributed by atoms with Gasteiger partial charge in [0.05, 0.1) is 13.2 Å². The summed E-state index contributed by atoms with van der Waals surface area (Å²) in [5.41, 5.74) is -4.48. The minimum absolute atomic E-state index is 0.0220. The summed E-state index contributed by atoms with van der Waals surface area (Å²) < 4.78 is 14.2. The standard InChI is InChI=1S/C18H23Cl2NO7/c1-16(2,3)18(15(24)28-20,17(4,5)6)14(23)27-11-9-8-10(19)12(21(11)25)13(22)26-7/h8-9H,1-7H3. The van der Waals surface area contributed by atoms with Crippen LogP contribution >= 0.6 is 23.5 Å². The number of hydrogen-bond donors (Lipinski definition) is 0. The number of esters is 2. The van der Waals surface area contributed by atoms with Crippen LogP contribution in [0.1, 0.15) is 52.0 Å². The monoisotopic (exact) mass is 435 g/mol. The van der Waals surface area contributed by atoms with Crippen LogP contribution in [0.4, 0.5) is 0 Å². The lowest BCUT2D eigenvalue weighted by atomic mass is 9.54. The highest BCUT2D eigenvalue weighted by Gasteiger charge is 2.65. The predicted octanol–water partition coefficient (Wildman–Crippen LogP) is 3.44. The zero-order valence-corrected chi connectivity index (χ0v) is 18.2. The molecule has 156 valence electrons. The SMILES string of the molecule is COC(=O)c1c(Cl)ccc(OC(=O)C(C(=O)OCl)(C(C)(C)C)C(C)(C)C)[n+]1[O-]. The van der Waals surface area contributed by atoms with Crippen LogP contribution < -0.4 is 9.47 Å². The lowest BCUT2D eigenvalue weighted by Gasteiger charge is -2.47. The molecule has 10 heteroatoms.